The number of hydrogen-bond acceptors (Lipinski definition) is 2. The summed E-state index contributed by atoms with van der Waals surface area (Å²) in [6, 6.07) is 0. The molecule has 0 amide bonds. The van der Waals surface area contributed by atoms with Gasteiger partial charge >= 0.3 is 0 Å². The SMILES string of the molecule is C[C@@H]1C=CC[C@]2(CO)CCCC[C@]12CO. The van der Waals surface area contributed by atoms with Crippen LogP contribution >= 0.6 is 0 Å². The van der Waals surface area contributed by atoms with E-state index in [1.807, 2.05) is 0 Å². The van der Waals surface area contributed by atoms with Crippen molar-refractivity contribution in [2.75, 3.05) is 13.2 Å². The first-order valence-electron chi connectivity index (χ1n) is 6.09. The van der Waals surface area contributed by atoms with Gasteiger partial charge in [0.15, 0.2) is 0 Å². The minimum absolute atomic E-state index is 0.0475. The molecule has 2 aliphatic rings. The molecule has 0 unspecified atom stereocenters. The topological polar surface area (TPSA) is 40.5 Å². The third-order valence-electron chi connectivity index (χ3n) is 4.97. The molecule has 0 bridgehead atoms. The summed E-state index contributed by atoms with van der Waals surface area (Å²) < 4.78 is 0. The monoisotopic (exact) mass is 210 g/mol. The van der Waals surface area contributed by atoms with E-state index >= 15 is 0 Å². The molecule has 2 aliphatic carbocycles. The predicted molar refractivity (Wildman–Crippen MR) is 60.4 cm³/mol. The van der Waals surface area contributed by atoms with Crippen LogP contribution in [0.15, 0.2) is 12.2 Å². The molecule has 0 radical (unpaired) electrons. The molecule has 2 N–H and O–H groups in total. The molecule has 0 aromatic carbocycles. The van der Waals surface area contributed by atoms with Crippen LogP contribution in [0.3, 0.4) is 0 Å². The summed E-state index contributed by atoms with van der Waals surface area (Å²) in [5.41, 5.74) is -0.108. The van der Waals surface area contributed by atoms with Gasteiger partial charge in [-0.1, -0.05) is 31.9 Å². The van der Waals surface area contributed by atoms with Crippen LogP contribution in [0.25, 0.3) is 0 Å². The van der Waals surface area contributed by atoms with Gasteiger partial charge < -0.3 is 10.2 Å². The van der Waals surface area contributed by atoms with Crippen LogP contribution in [0.4, 0.5) is 0 Å². The van der Waals surface area contributed by atoms with Gasteiger partial charge in [0, 0.05) is 24.0 Å². The van der Waals surface area contributed by atoms with Crippen LogP contribution in [0, 0.1) is 16.7 Å². The molecule has 1 saturated carbocycles. The summed E-state index contributed by atoms with van der Waals surface area (Å²) in [5.74, 6) is 0.392. The molecule has 0 spiro atoms. The zero-order valence-corrected chi connectivity index (χ0v) is 9.58. The first-order valence-corrected chi connectivity index (χ1v) is 6.09. The molecule has 2 heteroatoms. The van der Waals surface area contributed by atoms with Crippen molar-refractivity contribution in [3.8, 4) is 0 Å². The van der Waals surface area contributed by atoms with E-state index in [9.17, 15) is 10.2 Å². The second-order valence-corrected chi connectivity index (χ2v) is 5.38. The standard InChI is InChI=1S/C13H22O2/c1-11-5-4-7-12(9-14)6-2-3-8-13(11,12)10-15/h4-5,11,14-15H,2-3,6-10H2,1H3/t11-,12+,13+/m1/s1. The number of allylic oxidation sites excluding steroid dienone is 2. The zero-order valence-electron chi connectivity index (χ0n) is 9.58. The van der Waals surface area contributed by atoms with Crippen molar-refractivity contribution in [1.29, 1.82) is 0 Å². The fourth-order valence-corrected chi connectivity index (χ4v) is 3.81. The molecule has 0 aromatic rings. The van der Waals surface area contributed by atoms with Crippen LogP contribution in [0.2, 0.25) is 0 Å². The highest BCUT2D eigenvalue weighted by Crippen LogP contribution is 2.58. The molecule has 15 heavy (non-hydrogen) atoms. The molecule has 3 atom stereocenters. The Hall–Kier alpha value is -0.340. The maximum absolute atomic E-state index is 9.80. The van der Waals surface area contributed by atoms with Gasteiger partial charge in [0.05, 0.1) is 0 Å². The third kappa shape index (κ3) is 1.38. The van der Waals surface area contributed by atoms with E-state index in [2.05, 4.69) is 19.1 Å². The van der Waals surface area contributed by atoms with Crippen molar-refractivity contribution in [2.24, 2.45) is 16.7 Å². The maximum Gasteiger partial charge on any atom is 0.0499 e. The van der Waals surface area contributed by atoms with Crippen LogP contribution < -0.4 is 0 Å². The lowest BCUT2D eigenvalue weighted by molar-refractivity contribution is -0.114. The highest BCUT2D eigenvalue weighted by Gasteiger charge is 2.54. The molecule has 0 saturated heterocycles. The van der Waals surface area contributed by atoms with Crippen LogP contribution in [0.5, 0.6) is 0 Å². The molecule has 0 heterocycles. The van der Waals surface area contributed by atoms with E-state index in [0.29, 0.717) is 5.92 Å². The van der Waals surface area contributed by atoms with Crippen molar-refractivity contribution < 1.29 is 10.2 Å². The fourth-order valence-electron chi connectivity index (χ4n) is 3.81. The summed E-state index contributed by atoms with van der Waals surface area (Å²) in [4.78, 5) is 0. The molecule has 2 nitrogen and oxygen atoms in total. The Kier molecular flexibility index (Phi) is 2.91. The molecule has 2 rings (SSSR count). The first-order chi connectivity index (χ1) is 7.21. The summed E-state index contributed by atoms with van der Waals surface area (Å²) in [6.07, 6.45) is 9.88. The lowest BCUT2D eigenvalue weighted by atomic mass is 9.49. The van der Waals surface area contributed by atoms with Crippen LogP contribution in [-0.4, -0.2) is 23.4 Å². The highest BCUT2D eigenvalue weighted by molar-refractivity contribution is 5.14. The summed E-state index contributed by atoms with van der Waals surface area (Å²) in [6.45, 7) is 2.63. The maximum atomic E-state index is 9.80. The van der Waals surface area contributed by atoms with Crippen molar-refractivity contribution in [1.82, 2.24) is 0 Å². The van der Waals surface area contributed by atoms with Gasteiger partial charge in [-0.3, -0.25) is 0 Å². The average molecular weight is 210 g/mol. The Labute approximate surface area is 92.0 Å². The van der Waals surface area contributed by atoms with Crippen LogP contribution in [0.1, 0.15) is 39.0 Å². The van der Waals surface area contributed by atoms with E-state index in [0.717, 1.165) is 19.3 Å². The Balaban J connectivity index is 2.41. The van der Waals surface area contributed by atoms with Gasteiger partial charge in [0.2, 0.25) is 0 Å². The van der Waals surface area contributed by atoms with E-state index in [4.69, 9.17) is 0 Å². The van der Waals surface area contributed by atoms with Crippen molar-refractivity contribution in [3.63, 3.8) is 0 Å². The van der Waals surface area contributed by atoms with Gasteiger partial charge in [-0.15, -0.1) is 0 Å². The predicted octanol–water partition coefficient (Wildman–Crippen LogP) is 2.11. The Morgan fingerprint density at radius 1 is 1.20 bits per heavy atom. The smallest absolute Gasteiger partial charge is 0.0499 e. The molecule has 0 aromatic heterocycles. The molecule has 86 valence electrons. The second-order valence-electron chi connectivity index (χ2n) is 5.38. The van der Waals surface area contributed by atoms with Gasteiger partial charge in [-0.2, -0.15) is 0 Å². The lowest BCUT2D eigenvalue weighted by Gasteiger charge is -2.56. The van der Waals surface area contributed by atoms with Gasteiger partial charge in [-0.25, -0.2) is 0 Å². The Bertz CT molecular complexity index is 261. The van der Waals surface area contributed by atoms with Gasteiger partial charge in [0.1, 0.15) is 0 Å². The van der Waals surface area contributed by atoms with E-state index in [-0.39, 0.29) is 24.0 Å². The van der Waals surface area contributed by atoms with Crippen molar-refractivity contribution in [2.45, 2.75) is 39.0 Å². The minimum Gasteiger partial charge on any atom is -0.396 e. The van der Waals surface area contributed by atoms with E-state index in [1.165, 1.54) is 12.8 Å². The van der Waals surface area contributed by atoms with E-state index < -0.39 is 0 Å². The molecular weight excluding hydrogens is 188 g/mol. The van der Waals surface area contributed by atoms with Gasteiger partial charge in [-0.05, 0) is 25.2 Å². The number of rotatable bonds is 2. The molecular formula is C13H22O2. The first kappa shape index (κ1) is 11.2. The van der Waals surface area contributed by atoms with E-state index in [1.54, 1.807) is 0 Å². The number of hydrogen-bond donors (Lipinski definition) is 2. The Morgan fingerprint density at radius 2 is 1.93 bits per heavy atom. The minimum atomic E-state index is -0.0608. The lowest BCUT2D eigenvalue weighted by Crippen LogP contribution is -2.54. The second kappa shape index (κ2) is 3.91. The quantitative estimate of drug-likeness (QED) is 0.685. The van der Waals surface area contributed by atoms with Crippen molar-refractivity contribution >= 4 is 0 Å². The number of fused-ring (bicyclic) bond motifs is 1. The Morgan fingerprint density at radius 3 is 2.53 bits per heavy atom. The third-order valence-corrected chi connectivity index (χ3v) is 4.97. The number of aliphatic hydroxyl groups is 2. The summed E-state index contributed by atoms with van der Waals surface area (Å²) in [5, 5.41) is 19.5. The highest BCUT2D eigenvalue weighted by atomic mass is 16.3. The summed E-state index contributed by atoms with van der Waals surface area (Å²) >= 11 is 0. The molecule has 1 fully saturated rings. The zero-order chi connectivity index (χ0) is 10.9. The normalized spacial score (nSPS) is 45.1. The average Bonchev–Trinajstić information content (AvgIpc) is 2.29. The number of aliphatic hydroxyl groups excluding tert-OH is 2. The largest absolute Gasteiger partial charge is 0.396 e. The van der Waals surface area contributed by atoms with Crippen molar-refractivity contribution in [3.05, 3.63) is 12.2 Å². The van der Waals surface area contributed by atoms with Crippen LogP contribution in [-0.2, 0) is 0 Å². The summed E-state index contributed by atoms with van der Waals surface area (Å²) in [7, 11) is 0. The molecule has 0 aliphatic heterocycles. The fraction of sp³-hybridized carbons (Fsp3) is 0.846. The van der Waals surface area contributed by atoms with Gasteiger partial charge in [0.25, 0.3) is 0 Å².